The molecule has 0 unspecified atom stereocenters. The molecule has 0 saturated heterocycles. The summed E-state index contributed by atoms with van der Waals surface area (Å²) in [5, 5.41) is 10.1. The van der Waals surface area contributed by atoms with E-state index in [9.17, 15) is 19.1 Å². The molecule has 1 heterocycles. The second-order valence-corrected chi connectivity index (χ2v) is 12.8. The highest BCUT2D eigenvalue weighted by atomic mass is 32.1. The molecule has 0 spiro atoms. The summed E-state index contributed by atoms with van der Waals surface area (Å²) < 4.78 is 13.9. The fourth-order valence-electron chi connectivity index (χ4n) is 6.11. The molecule has 4 nitrogen and oxygen atoms in total. The number of halogens is 1. The first-order chi connectivity index (χ1) is 15.6. The number of carbonyl (C=O) groups is 2. The van der Waals surface area contributed by atoms with Gasteiger partial charge >= 0.3 is 5.97 Å². The maximum Gasteiger partial charge on any atom is 0.348 e. The average Bonchev–Trinajstić information content (AvgIpc) is 3.21. The van der Waals surface area contributed by atoms with Crippen LogP contribution in [-0.2, 0) is 4.79 Å². The van der Waals surface area contributed by atoms with E-state index < -0.39 is 12.1 Å². The van der Waals surface area contributed by atoms with Crippen molar-refractivity contribution in [2.45, 2.75) is 116 Å². The van der Waals surface area contributed by atoms with Crippen LogP contribution in [0.5, 0.6) is 0 Å². The number of hydrogen-bond donors (Lipinski definition) is 1. The summed E-state index contributed by atoms with van der Waals surface area (Å²) in [6, 6.07) is 1.91. The van der Waals surface area contributed by atoms with Crippen LogP contribution in [0.2, 0.25) is 0 Å². The van der Waals surface area contributed by atoms with Gasteiger partial charge in [-0.2, -0.15) is 0 Å². The van der Waals surface area contributed by atoms with Crippen LogP contribution >= 0.6 is 11.3 Å². The molecule has 3 fully saturated rings. The molecule has 0 atom stereocenters. The van der Waals surface area contributed by atoms with E-state index in [0.29, 0.717) is 48.6 Å². The van der Waals surface area contributed by atoms with Crippen LogP contribution in [0.15, 0.2) is 6.07 Å². The first-order valence-corrected chi connectivity index (χ1v) is 13.8. The van der Waals surface area contributed by atoms with Crippen LogP contribution in [0.25, 0.3) is 0 Å². The summed E-state index contributed by atoms with van der Waals surface area (Å²) >= 11 is 1.36. The van der Waals surface area contributed by atoms with Crippen LogP contribution < -0.4 is 4.90 Å². The van der Waals surface area contributed by atoms with Crippen molar-refractivity contribution in [1.82, 2.24) is 0 Å². The Hall–Kier alpha value is -1.43. The number of nitrogens with zero attached hydrogens (tertiary/aromatic N) is 1. The summed E-state index contributed by atoms with van der Waals surface area (Å²) in [5.41, 5.74) is 0.926. The Kier molecular flexibility index (Phi) is 7.52. The molecule has 4 rings (SSSR count). The van der Waals surface area contributed by atoms with Gasteiger partial charge in [0.05, 0.1) is 5.69 Å². The smallest absolute Gasteiger partial charge is 0.348 e. The fraction of sp³-hybridized carbons (Fsp3) is 0.778. The van der Waals surface area contributed by atoms with Crippen LogP contribution in [-0.4, -0.2) is 29.2 Å². The second kappa shape index (κ2) is 10.1. The molecular formula is C27H40FNO3S. The number of alkyl halides is 1. The van der Waals surface area contributed by atoms with Crippen molar-refractivity contribution in [3.05, 3.63) is 15.8 Å². The zero-order valence-corrected chi connectivity index (χ0v) is 21.3. The summed E-state index contributed by atoms with van der Waals surface area (Å²) in [6.07, 6.45) is 9.53. The number of carboxylic acid groups (broad SMARTS) is 1. The number of amides is 1. The predicted molar refractivity (Wildman–Crippen MR) is 132 cm³/mol. The Morgan fingerprint density at radius 2 is 1.61 bits per heavy atom. The van der Waals surface area contributed by atoms with Gasteiger partial charge in [-0.05, 0) is 100 Å². The van der Waals surface area contributed by atoms with Gasteiger partial charge in [0.25, 0.3) is 0 Å². The minimum atomic E-state index is -0.952. The zero-order valence-electron chi connectivity index (χ0n) is 20.4. The van der Waals surface area contributed by atoms with E-state index >= 15 is 0 Å². The van der Waals surface area contributed by atoms with E-state index in [4.69, 9.17) is 0 Å². The molecule has 3 saturated carbocycles. The van der Waals surface area contributed by atoms with Gasteiger partial charge in [-0.15, -0.1) is 11.3 Å². The van der Waals surface area contributed by atoms with E-state index in [-0.39, 0.29) is 22.7 Å². The van der Waals surface area contributed by atoms with Gasteiger partial charge in [0.15, 0.2) is 0 Å². The molecule has 3 aliphatic rings. The number of rotatable bonds is 5. The summed E-state index contributed by atoms with van der Waals surface area (Å²) in [6.45, 7) is 6.84. The Morgan fingerprint density at radius 3 is 2.18 bits per heavy atom. The lowest BCUT2D eigenvalue weighted by Crippen LogP contribution is -2.46. The minimum absolute atomic E-state index is 0.0511. The Bertz CT molecular complexity index is 840. The van der Waals surface area contributed by atoms with Gasteiger partial charge in [0.1, 0.15) is 11.0 Å². The SMILES string of the molecule is CC1CCC(C(=O)N(c2cc(C3CCC(C)(C)CC3)sc2C(=O)O)C2CCC(F)CC2)CC1. The number of thiophene rings is 1. The molecule has 1 aromatic heterocycles. The van der Waals surface area contributed by atoms with Crippen molar-refractivity contribution in [2.24, 2.45) is 17.3 Å². The topological polar surface area (TPSA) is 57.6 Å². The lowest BCUT2D eigenvalue weighted by atomic mass is 9.73. The van der Waals surface area contributed by atoms with E-state index in [1.54, 1.807) is 0 Å². The molecule has 0 radical (unpaired) electrons. The van der Waals surface area contributed by atoms with Gasteiger partial charge in [0.2, 0.25) is 5.91 Å². The highest BCUT2D eigenvalue weighted by molar-refractivity contribution is 7.14. The van der Waals surface area contributed by atoms with Crippen molar-refractivity contribution in [3.63, 3.8) is 0 Å². The van der Waals surface area contributed by atoms with Crippen LogP contribution in [0.3, 0.4) is 0 Å². The van der Waals surface area contributed by atoms with Gasteiger partial charge in [-0.3, -0.25) is 4.79 Å². The van der Waals surface area contributed by atoms with E-state index in [2.05, 4.69) is 20.8 Å². The Morgan fingerprint density at radius 1 is 1.00 bits per heavy atom. The zero-order chi connectivity index (χ0) is 23.8. The molecular weight excluding hydrogens is 437 g/mol. The van der Waals surface area contributed by atoms with E-state index in [1.807, 2.05) is 11.0 Å². The molecule has 1 N–H and O–H groups in total. The van der Waals surface area contributed by atoms with Crippen molar-refractivity contribution in [1.29, 1.82) is 0 Å². The third kappa shape index (κ3) is 5.63. The Balaban J connectivity index is 1.66. The normalized spacial score (nSPS) is 30.7. The molecule has 33 heavy (non-hydrogen) atoms. The third-order valence-electron chi connectivity index (χ3n) is 8.52. The van der Waals surface area contributed by atoms with Crippen molar-refractivity contribution in [3.8, 4) is 0 Å². The summed E-state index contributed by atoms with van der Waals surface area (Å²) in [4.78, 5) is 29.4. The van der Waals surface area contributed by atoms with Crippen LogP contribution in [0.1, 0.15) is 118 Å². The molecule has 1 aromatic rings. The summed E-state index contributed by atoms with van der Waals surface area (Å²) in [7, 11) is 0. The largest absolute Gasteiger partial charge is 0.477 e. The number of carbonyl (C=O) groups excluding carboxylic acids is 1. The average molecular weight is 478 g/mol. The third-order valence-corrected chi connectivity index (χ3v) is 9.80. The van der Waals surface area contributed by atoms with Crippen LogP contribution in [0, 0.1) is 17.3 Å². The first kappa shape index (κ1) is 24.7. The van der Waals surface area contributed by atoms with Crippen molar-refractivity contribution >= 4 is 28.9 Å². The monoisotopic (exact) mass is 477 g/mol. The van der Waals surface area contributed by atoms with Gasteiger partial charge < -0.3 is 10.0 Å². The number of hydrogen-bond acceptors (Lipinski definition) is 3. The highest BCUT2D eigenvalue weighted by Gasteiger charge is 2.38. The summed E-state index contributed by atoms with van der Waals surface area (Å²) in [5.74, 6) is 0.0727. The standard InChI is InChI=1S/C27H40FNO3S/c1-17-4-6-19(7-5-17)25(30)29(21-10-8-20(28)9-11-21)22-16-23(33-24(22)26(31)32)18-12-14-27(2,3)15-13-18/h16-21H,4-15H2,1-3H3,(H,31,32). The van der Waals surface area contributed by atoms with Gasteiger partial charge in [-0.25, -0.2) is 9.18 Å². The molecule has 0 aliphatic heterocycles. The predicted octanol–water partition coefficient (Wildman–Crippen LogP) is 7.57. The number of anilines is 1. The van der Waals surface area contributed by atoms with Gasteiger partial charge in [-0.1, -0.05) is 20.8 Å². The molecule has 0 bridgehead atoms. The van der Waals surface area contributed by atoms with Gasteiger partial charge in [0, 0.05) is 16.8 Å². The van der Waals surface area contributed by atoms with Crippen molar-refractivity contribution in [2.75, 3.05) is 4.90 Å². The second-order valence-electron chi connectivity index (χ2n) is 11.7. The fourth-order valence-corrected chi connectivity index (χ4v) is 7.27. The first-order valence-electron chi connectivity index (χ1n) is 13.0. The van der Waals surface area contributed by atoms with E-state index in [0.717, 1.165) is 56.2 Å². The van der Waals surface area contributed by atoms with E-state index in [1.165, 1.54) is 11.3 Å². The Labute approximate surface area is 201 Å². The molecule has 184 valence electrons. The van der Waals surface area contributed by atoms with Crippen molar-refractivity contribution < 1.29 is 19.1 Å². The minimum Gasteiger partial charge on any atom is -0.477 e. The molecule has 6 heteroatoms. The maximum absolute atomic E-state index is 13.9. The molecule has 0 aromatic carbocycles. The quantitative estimate of drug-likeness (QED) is 0.476. The lowest BCUT2D eigenvalue weighted by Gasteiger charge is -2.38. The van der Waals surface area contributed by atoms with Crippen LogP contribution in [0.4, 0.5) is 10.1 Å². The molecule has 3 aliphatic carbocycles. The number of carboxylic acids is 1. The molecule has 1 amide bonds. The number of aromatic carboxylic acids is 1. The maximum atomic E-state index is 13.9. The lowest BCUT2D eigenvalue weighted by molar-refractivity contribution is -0.124. The highest BCUT2D eigenvalue weighted by Crippen LogP contribution is 2.47.